The van der Waals surface area contributed by atoms with Crippen molar-refractivity contribution in [3.8, 4) is 5.75 Å². The lowest BCUT2D eigenvalue weighted by Crippen LogP contribution is -2.07. The Bertz CT molecular complexity index is 781. The summed E-state index contributed by atoms with van der Waals surface area (Å²) in [5.74, 6) is -1.21. The minimum Gasteiger partial charge on any atom is -0.426 e. The molecule has 6 nitrogen and oxygen atoms in total. The van der Waals surface area contributed by atoms with Gasteiger partial charge in [0.25, 0.3) is 5.69 Å². The molecule has 0 saturated carbocycles. The van der Waals surface area contributed by atoms with E-state index < -0.39 is 16.7 Å². The van der Waals surface area contributed by atoms with Gasteiger partial charge in [-0.25, -0.2) is 0 Å². The highest BCUT2D eigenvalue weighted by molar-refractivity contribution is 6.09. The molecule has 0 aliphatic rings. The van der Waals surface area contributed by atoms with Crippen LogP contribution in [0.4, 0.5) is 5.69 Å². The van der Waals surface area contributed by atoms with Crippen molar-refractivity contribution in [2.45, 2.75) is 6.92 Å². The summed E-state index contributed by atoms with van der Waals surface area (Å²) >= 11 is 0. The first-order valence-electron chi connectivity index (χ1n) is 6.71. The third-order valence-corrected chi connectivity index (χ3v) is 2.92. The maximum atomic E-state index is 12.3. The quantitative estimate of drug-likeness (QED) is 0.211. The molecule has 0 bridgehead atoms. The van der Waals surface area contributed by atoms with E-state index in [2.05, 4.69) is 0 Å². The van der Waals surface area contributed by atoms with Gasteiger partial charge in [-0.15, -0.1) is 0 Å². The van der Waals surface area contributed by atoms with Crippen molar-refractivity contribution in [3.63, 3.8) is 0 Å². The molecule has 0 spiro atoms. The Balaban J connectivity index is 2.33. The van der Waals surface area contributed by atoms with Gasteiger partial charge in [0, 0.05) is 13.0 Å². The molecule has 0 unspecified atom stereocenters. The largest absolute Gasteiger partial charge is 0.426 e. The number of benzene rings is 2. The molecule has 0 fully saturated rings. The van der Waals surface area contributed by atoms with Crippen molar-refractivity contribution in [2.24, 2.45) is 0 Å². The fraction of sp³-hybridized carbons (Fsp3) is 0.0588. The van der Waals surface area contributed by atoms with Crippen molar-refractivity contribution < 1.29 is 19.2 Å². The van der Waals surface area contributed by atoms with Crippen molar-refractivity contribution in [3.05, 3.63) is 75.8 Å². The smallest absolute Gasteiger partial charge is 0.308 e. The molecule has 0 aromatic heterocycles. The summed E-state index contributed by atoms with van der Waals surface area (Å²) < 4.78 is 4.91. The number of esters is 1. The van der Waals surface area contributed by atoms with E-state index >= 15 is 0 Å². The molecule has 0 heterocycles. The van der Waals surface area contributed by atoms with Crippen LogP contribution in [0.1, 0.15) is 22.8 Å². The first kappa shape index (κ1) is 16.1. The first-order chi connectivity index (χ1) is 11.0. The Kier molecular flexibility index (Phi) is 4.99. The summed E-state index contributed by atoms with van der Waals surface area (Å²) in [4.78, 5) is 33.6. The zero-order valence-electron chi connectivity index (χ0n) is 12.3. The fourth-order valence-electron chi connectivity index (χ4n) is 1.89. The monoisotopic (exact) mass is 311 g/mol. The molecule has 0 saturated heterocycles. The van der Waals surface area contributed by atoms with Crippen molar-refractivity contribution >= 4 is 23.5 Å². The molecule has 0 N–H and O–H groups in total. The average Bonchev–Trinajstić information content (AvgIpc) is 2.53. The number of hydrogen-bond acceptors (Lipinski definition) is 5. The van der Waals surface area contributed by atoms with Crippen LogP contribution in [0, 0.1) is 10.1 Å². The minimum atomic E-state index is -0.661. The summed E-state index contributed by atoms with van der Waals surface area (Å²) in [6.45, 7) is 1.16. The van der Waals surface area contributed by atoms with Crippen molar-refractivity contribution in [2.75, 3.05) is 0 Å². The molecule has 0 amide bonds. The molecule has 0 atom stereocenters. The van der Waals surface area contributed by atoms with Crippen LogP contribution in [0.15, 0.2) is 54.6 Å². The zero-order chi connectivity index (χ0) is 16.8. The Labute approximate surface area is 132 Å². The normalized spacial score (nSPS) is 10.5. The number of rotatable bonds is 5. The number of carbonyl (C=O) groups is 2. The van der Waals surface area contributed by atoms with Crippen LogP contribution in [0.5, 0.6) is 5.75 Å². The predicted octanol–water partition coefficient (Wildman–Crippen LogP) is 3.42. The van der Waals surface area contributed by atoms with E-state index in [1.807, 2.05) is 30.3 Å². The minimum absolute atomic E-state index is 0.0815. The molecule has 6 heteroatoms. The number of ether oxygens (including phenoxy) is 1. The number of nitro groups is 1. The van der Waals surface area contributed by atoms with Gasteiger partial charge in [-0.05, 0) is 17.7 Å². The number of nitro benzene ring substituents is 1. The van der Waals surface area contributed by atoms with Crippen LogP contribution >= 0.6 is 0 Å². The van der Waals surface area contributed by atoms with Crippen molar-refractivity contribution in [1.82, 2.24) is 0 Å². The molecule has 116 valence electrons. The van der Waals surface area contributed by atoms with E-state index in [-0.39, 0.29) is 17.0 Å². The maximum absolute atomic E-state index is 12.3. The van der Waals surface area contributed by atoms with Gasteiger partial charge in [0.05, 0.1) is 16.6 Å². The lowest BCUT2D eigenvalue weighted by Gasteiger charge is -2.06. The molecule has 0 radical (unpaired) electrons. The molecular formula is C17H13NO5. The van der Waals surface area contributed by atoms with E-state index in [0.717, 1.165) is 18.6 Å². The van der Waals surface area contributed by atoms with Crippen molar-refractivity contribution in [1.29, 1.82) is 0 Å². The molecule has 2 rings (SSSR count). The van der Waals surface area contributed by atoms with Gasteiger partial charge in [-0.1, -0.05) is 36.4 Å². The highest BCUT2D eigenvalue weighted by Gasteiger charge is 2.17. The average molecular weight is 311 g/mol. The molecule has 23 heavy (non-hydrogen) atoms. The van der Waals surface area contributed by atoms with Crippen LogP contribution in [-0.2, 0) is 4.79 Å². The lowest BCUT2D eigenvalue weighted by atomic mass is 10.1. The Hall–Kier alpha value is -3.28. The number of non-ortho nitro benzene ring substituents is 1. The zero-order valence-corrected chi connectivity index (χ0v) is 12.3. The summed E-state index contributed by atoms with van der Waals surface area (Å²) in [7, 11) is 0. The van der Waals surface area contributed by atoms with Gasteiger partial charge in [-0.2, -0.15) is 0 Å². The molecule has 2 aromatic rings. The SMILES string of the molecule is CC(=O)Oc1cc([N+](=O)[O-])ccc1C(=O)C=Cc1ccccc1. The topological polar surface area (TPSA) is 86.5 Å². The molecular weight excluding hydrogens is 298 g/mol. The van der Waals surface area contributed by atoms with Crippen LogP contribution in [-0.4, -0.2) is 16.7 Å². The van der Waals surface area contributed by atoms with Crippen LogP contribution in [0.2, 0.25) is 0 Å². The molecule has 0 aliphatic heterocycles. The third kappa shape index (κ3) is 4.34. The number of carbonyl (C=O) groups excluding carboxylic acids is 2. The van der Waals surface area contributed by atoms with Crippen LogP contribution in [0.3, 0.4) is 0 Å². The third-order valence-electron chi connectivity index (χ3n) is 2.92. The van der Waals surface area contributed by atoms with Gasteiger partial charge < -0.3 is 4.74 Å². The highest BCUT2D eigenvalue weighted by Crippen LogP contribution is 2.26. The van der Waals surface area contributed by atoms with Crippen LogP contribution < -0.4 is 4.74 Å². The van der Waals surface area contributed by atoms with E-state index in [9.17, 15) is 19.7 Å². The Morgan fingerprint density at radius 3 is 2.43 bits per heavy atom. The summed E-state index contributed by atoms with van der Waals surface area (Å²) in [6, 6.07) is 12.7. The summed E-state index contributed by atoms with van der Waals surface area (Å²) in [5.41, 5.74) is 0.652. The predicted molar refractivity (Wildman–Crippen MR) is 84.2 cm³/mol. The number of ketones is 1. The summed E-state index contributed by atoms with van der Waals surface area (Å²) in [6.07, 6.45) is 2.94. The van der Waals surface area contributed by atoms with Gasteiger partial charge in [0.15, 0.2) is 5.78 Å². The Morgan fingerprint density at radius 1 is 1.13 bits per heavy atom. The number of allylic oxidation sites excluding steroid dienone is 1. The van der Waals surface area contributed by atoms with Gasteiger partial charge in [-0.3, -0.25) is 19.7 Å². The van der Waals surface area contributed by atoms with E-state index in [1.165, 1.54) is 18.2 Å². The van der Waals surface area contributed by atoms with Gasteiger partial charge >= 0.3 is 5.97 Å². The van der Waals surface area contributed by atoms with E-state index in [4.69, 9.17) is 4.74 Å². The fourth-order valence-corrected chi connectivity index (χ4v) is 1.89. The van der Waals surface area contributed by atoms with E-state index in [0.29, 0.717) is 0 Å². The standard InChI is InChI=1S/C17H13NO5/c1-12(19)23-17-11-14(18(21)22)8-9-15(17)16(20)10-7-13-5-3-2-4-6-13/h2-11H,1H3. The number of nitrogens with zero attached hydrogens (tertiary/aromatic N) is 1. The second-order valence-corrected chi connectivity index (χ2v) is 4.64. The Morgan fingerprint density at radius 2 is 1.83 bits per heavy atom. The molecule has 2 aromatic carbocycles. The second-order valence-electron chi connectivity index (χ2n) is 4.64. The van der Waals surface area contributed by atoms with Crippen LogP contribution in [0.25, 0.3) is 6.08 Å². The summed E-state index contributed by atoms with van der Waals surface area (Å²) in [5, 5.41) is 10.8. The lowest BCUT2D eigenvalue weighted by molar-refractivity contribution is -0.384. The highest BCUT2D eigenvalue weighted by atomic mass is 16.6. The number of hydrogen-bond donors (Lipinski definition) is 0. The second kappa shape index (κ2) is 7.13. The van der Waals surface area contributed by atoms with Gasteiger partial charge in [0.2, 0.25) is 0 Å². The molecule has 0 aliphatic carbocycles. The first-order valence-corrected chi connectivity index (χ1v) is 6.71. The van der Waals surface area contributed by atoms with Gasteiger partial charge in [0.1, 0.15) is 5.75 Å². The van der Waals surface area contributed by atoms with E-state index in [1.54, 1.807) is 6.08 Å². The maximum Gasteiger partial charge on any atom is 0.308 e.